The van der Waals surface area contributed by atoms with E-state index in [1.807, 2.05) is 13.0 Å². The summed E-state index contributed by atoms with van der Waals surface area (Å²) < 4.78 is 80.9. The van der Waals surface area contributed by atoms with Crippen LogP contribution in [0.2, 0.25) is 0 Å². The van der Waals surface area contributed by atoms with Crippen LogP contribution < -0.4 is 10.6 Å². The van der Waals surface area contributed by atoms with E-state index in [1.54, 1.807) is 0 Å². The van der Waals surface area contributed by atoms with Crippen LogP contribution in [0.4, 0.5) is 38.0 Å². The Labute approximate surface area is 228 Å². The fourth-order valence-electron chi connectivity index (χ4n) is 4.58. The van der Waals surface area contributed by atoms with Gasteiger partial charge in [-0.05, 0) is 48.2 Å². The van der Waals surface area contributed by atoms with Crippen LogP contribution in [-0.4, -0.2) is 52.3 Å². The summed E-state index contributed by atoms with van der Waals surface area (Å²) in [4.78, 5) is 22.0. The van der Waals surface area contributed by atoms with E-state index in [2.05, 4.69) is 26.7 Å². The average molecular weight is 588 g/mol. The third-order valence-electron chi connectivity index (χ3n) is 6.44. The van der Waals surface area contributed by atoms with Gasteiger partial charge < -0.3 is 15.5 Å². The van der Waals surface area contributed by atoms with Crippen molar-refractivity contribution in [3.63, 3.8) is 0 Å². The van der Waals surface area contributed by atoms with E-state index in [1.165, 1.54) is 11.6 Å². The molecule has 0 aliphatic carbocycles. The molecule has 6 nitrogen and oxygen atoms in total. The number of fused-ring (bicyclic) bond motifs is 2. The zero-order valence-corrected chi connectivity index (χ0v) is 22.2. The highest BCUT2D eigenvalue weighted by Crippen LogP contribution is 2.43. The monoisotopic (exact) mass is 587 g/mol. The summed E-state index contributed by atoms with van der Waals surface area (Å²) in [6.07, 6.45) is -7.13. The minimum Gasteiger partial charge on any atom is -0.328 e. The van der Waals surface area contributed by atoms with Gasteiger partial charge in [-0.2, -0.15) is 26.3 Å². The first kappa shape index (κ1) is 27.7. The first-order chi connectivity index (χ1) is 18.4. The van der Waals surface area contributed by atoms with Gasteiger partial charge in [0.05, 0.1) is 10.6 Å². The largest absolute Gasteiger partial charge is 0.420 e. The number of carbonyl (C=O) groups is 1. The van der Waals surface area contributed by atoms with Crippen LogP contribution in [0.15, 0.2) is 29.3 Å². The van der Waals surface area contributed by atoms with Crippen molar-refractivity contribution < 1.29 is 31.1 Å². The van der Waals surface area contributed by atoms with Gasteiger partial charge in [0.25, 0.3) is 5.91 Å². The summed E-state index contributed by atoms with van der Waals surface area (Å²) >= 11 is 1.84. The minimum atomic E-state index is -4.79. The molecule has 3 aromatic rings. The van der Waals surface area contributed by atoms with Crippen LogP contribution >= 0.6 is 23.1 Å². The zero-order valence-electron chi connectivity index (χ0n) is 20.6. The molecule has 0 bridgehead atoms. The Morgan fingerprint density at radius 3 is 2.64 bits per heavy atom. The topological polar surface area (TPSA) is 70.2 Å². The van der Waals surface area contributed by atoms with Gasteiger partial charge in [0.1, 0.15) is 17.0 Å². The molecular weight excluding hydrogens is 564 g/mol. The number of aromatic nitrogens is 2. The first-order valence-electron chi connectivity index (χ1n) is 12.1. The molecule has 0 saturated carbocycles. The maximum absolute atomic E-state index is 14.0. The van der Waals surface area contributed by atoms with Crippen molar-refractivity contribution in [2.45, 2.75) is 43.6 Å². The smallest absolute Gasteiger partial charge is 0.328 e. The Balaban J connectivity index is 1.53. The molecule has 14 heteroatoms. The molecule has 2 aliphatic heterocycles. The number of thioether (sulfide) groups is 1. The molecule has 5 rings (SSSR count). The Kier molecular flexibility index (Phi) is 7.55. The lowest BCUT2D eigenvalue weighted by Gasteiger charge is -2.21. The first-order valence-corrected chi connectivity index (χ1v) is 13.9. The van der Waals surface area contributed by atoms with Gasteiger partial charge in [-0.25, -0.2) is 9.97 Å². The lowest BCUT2D eigenvalue weighted by atomic mass is 9.96. The molecule has 0 saturated heterocycles. The standard InChI is InChI=1S/C25H23F6N5OS2/c1-2-13-7-14-3-4-32-10-15(14)8-17(13)34-23-33-11-16(25(29,30)31)20(35-23)18-9-19-21(39-18)22(37)36(5-6-38-19)12-24(26,27)28/h7-9,11,32H,2-6,10,12H2,1H3,(H,33,34,35). The second-order valence-corrected chi connectivity index (χ2v) is 11.3. The maximum atomic E-state index is 14.0. The van der Waals surface area contributed by atoms with Crippen molar-refractivity contribution in [2.75, 3.05) is 30.7 Å². The number of nitrogens with one attached hydrogen (secondary N) is 2. The lowest BCUT2D eigenvalue weighted by molar-refractivity contribution is -0.140. The molecule has 2 aliphatic rings. The van der Waals surface area contributed by atoms with Crippen LogP contribution in [0.3, 0.4) is 0 Å². The predicted octanol–water partition coefficient (Wildman–Crippen LogP) is 6.29. The highest BCUT2D eigenvalue weighted by molar-refractivity contribution is 7.99. The number of nitrogens with zero attached hydrogens (tertiary/aromatic N) is 3. The number of hydrogen-bond donors (Lipinski definition) is 2. The van der Waals surface area contributed by atoms with Crippen molar-refractivity contribution in [1.82, 2.24) is 20.2 Å². The number of rotatable bonds is 5. The van der Waals surface area contributed by atoms with E-state index in [0.717, 1.165) is 35.9 Å². The van der Waals surface area contributed by atoms with Crippen LogP contribution in [0.5, 0.6) is 0 Å². The second kappa shape index (κ2) is 10.6. The number of halogens is 6. The molecule has 0 atom stereocenters. The Morgan fingerprint density at radius 1 is 1.13 bits per heavy atom. The molecule has 0 unspecified atom stereocenters. The zero-order chi connectivity index (χ0) is 27.9. The molecule has 1 aromatic carbocycles. The van der Waals surface area contributed by atoms with Gasteiger partial charge in [-0.15, -0.1) is 23.1 Å². The van der Waals surface area contributed by atoms with Crippen molar-refractivity contribution in [3.8, 4) is 10.6 Å². The predicted molar refractivity (Wildman–Crippen MR) is 138 cm³/mol. The van der Waals surface area contributed by atoms with Crippen molar-refractivity contribution in [3.05, 3.63) is 51.5 Å². The molecule has 2 N–H and O–H groups in total. The fourth-order valence-corrected chi connectivity index (χ4v) is 6.93. The normalized spacial score (nSPS) is 16.1. The van der Waals surface area contributed by atoms with E-state index in [0.29, 0.717) is 46.0 Å². The van der Waals surface area contributed by atoms with Crippen LogP contribution in [-0.2, 0) is 25.6 Å². The number of anilines is 2. The van der Waals surface area contributed by atoms with Crippen LogP contribution in [0.25, 0.3) is 10.6 Å². The van der Waals surface area contributed by atoms with E-state index in [4.69, 9.17) is 0 Å². The average Bonchev–Trinajstić information content (AvgIpc) is 3.24. The molecule has 39 heavy (non-hydrogen) atoms. The van der Waals surface area contributed by atoms with Gasteiger partial charge in [0.2, 0.25) is 5.95 Å². The summed E-state index contributed by atoms with van der Waals surface area (Å²) in [5.74, 6) is -0.738. The van der Waals surface area contributed by atoms with Crippen molar-refractivity contribution >= 4 is 40.6 Å². The van der Waals surface area contributed by atoms with Crippen molar-refractivity contribution in [1.29, 1.82) is 0 Å². The van der Waals surface area contributed by atoms with Crippen LogP contribution in [0, 0.1) is 0 Å². The highest BCUT2D eigenvalue weighted by Gasteiger charge is 2.38. The van der Waals surface area contributed by atoms with Gasteiger partial charge in [-0.3, -0.25) is 4.79 Å². The summed E-state index contributed by atoms with van der Waals surface area (Å²) in [5.41, 5.74) is 2.41. The minimum absolute atomic E-state index is 0.0258. The molecule has 0 fully saturated rings. The maximum Gasteiger partial charge on any atom is 0.420 e. The molecule has 0 spiro atoms. The lowest BCUT2D eigenvalue weighted by Crippen LogP contribution is -2.39. The molecule has 208 valence electrons. The van der Waals surface area contributed by atoms with E-state index in [-0.39, 0.29) is 28.0 Å². The number of aryl methyl sites for hydroxylation is 1. The molecule has 0 radical (unpaired) electrons. The number of alkyl halides is 6. The Hall–Kier alpha value is -2.84. The number of carbonyl (C=O) groups excluding carboxylic acids is 1. The molecular formula is C25H23F6N5OS2. The van der Waals surface area contributed by atoms with Gasteiger partial charge in [-0.1, -0.05) is 13.0 Å². The molecule has 1 amide bonds. The Morgan fingerprint density at radius 2 is 1.92 bits per heavy atom. The summed E-state index contributed by atoms with van der Waals surface area (Å²) in [5, 5.41) is 6.35. The van der Waals surface area contributed by atoms with Crippen LogP contribution in [0.1, 0.15) is 38.8 Å². The second-order valence-electron chi connectivity index (χ2n) is 9.13. The van der Waals surface area contributed by atoms with Gasteiger partial charge in [0.15, 0.2) is 0 Å². The molecule has 4 heterocycles. The number of amides is 1. The van der Waals surface area contributed by atoms with E-state index < -0.39 is 36.1 Å². The number of hydrogen-bond acceptors (Lipinski definition) is 7. The number of thiophene rings is 1. The SMILES string of the molecule is CCc1cc2c(cc1Nc1ncc(C(F)(F)F)c(-c3cc4c(s3)C(=O)N(CC(F)(F)F)CCS4)n1)CNCC2. The fraction of sp³-hybridized carbons (Fsp3) is 0.400. The van der Waals surface area contributed by atoms with Gasteiger partial charge >= 0.3 is 12.4 Å². The van der Waals surface area contributed by atoms with E-state index >= 15 is 0 Å². The third-order valence-corrected chi connectivity index (χ3v) is 8.71. The van der Waals surface area contributed by atoms with E-state index in [9.17, 15) is 31.1 Å². The van der Waals surface area contributed by atoms with Gasteiger partial charge in [0, 0.05) is 35.6 Å². The quantitative estimate of drug-likeness (QED) is 0.342. The third kappa shape index (κ3) is 6.02. The molecule has 2 aromatic heterocycles. The summed E-state index contributed by atoms with van der Waals surface area (Å²) in [6.45, 7) is 1.97. The highest BCUT2D eigenvalue weighted by atomic mass is 32.2. The summed E-state index contributed by atoms with van der Waals surface area (Å²) in [6, 6.07) is 5.41. The number of benzene rings is 1. The van der Waals surface area contributed by atoms with Crippen molar-refractivity contribution in [2.24, 2.45) is 0 Å². The Bertz CT molecular complexity index is 1400. The summed E-state index contributed by atoms with van der Waals surface area (Å²) in [7, 11) is 0.